The van der Waals surface area contributed by atoms with Crippen LogP contribution in [0.2, 0.25) is 0 Å². The predicted octanol–water partition coefficient (Wildman–Crippen LogP) is 4.82. The van der Waals surface area contributed by atoms with Gasteiger partial charge in [-0.05, 0) is 38.1 Å². The first kappa shape index (κ1) is 15.6. The maximum Gasteiger partial charge on any atom is 0.416 e. The average Bonchev–Trinajstić information content (AvgIpc) is 3.02. The molecule has 0 saturated heterocycles. The van der Waals surface area contributed by atoms with Crippen LogP contribution in [0.3, 0.4) is 0 Å². The number of thiazole rings is 1. The molecular weight excluding hydrogens is 323 g/mol. The molecule has 0 bridgehead atoms. The Morgan fingerprint density at radius 3 is 2.52 bits per heavy atom. The van der Waals surface area contributed by atoms with Crippen LogP contribution in [-0.4, -0.2) is 9.55 Å². The van der Waals surface area contributed by atoms with Gasteiger partial charge in [0.2, 0.25) is 0 Å². The number of nitrogens with two attached hydrogens (primary N) is 1. The van der Waals surface area contributed by atoms with E-state index in [1.54, 1.807) is 10.6 Å². The van der Waals surface area contributed by atoms with Gasteiger partial charge in [-0.3, -0.25) is 0 Å². The topological polar surface area (TPSA) is 43.8 Å². The summed E-state index contributed by atoms with van der Waals surface area (Å²) in [6.07, 6.45) is -4.36. The molecule has 2 N–H and O–H groups in total. The number of nitrogens with zero attached hydrogens (tertiary/aromatic N) is 2. The average molecular weight is 337 g/mol. The molecule has 0 atom stereocenters. The molecule has 0 aliphatic carbocycles. The fourth-order valence-corrected chi connectivity index (χ4v) is 3.22. The van der Waals surface area contributed by atoms with Gasteiger partial charge in [-0.1, -0.05) is 6.07 Å². The molecule has 3 rings (SSSR count). The SMILES string of the molecule is Cc1cc(-c2csc(N)n2)c(C)n1-c1cccc(C(F)(F)F)c1. The second-order valence-electron chi connectivity index (χ2n) is 5.24. The third-order valence-corrected chi connectivity index (χ3v) is 4.33. The van der Waals surface area contributed by atoms with Crippen molar-refractivity contribution in [1.29, 1.82) is 0 Å². The van der Waals surface area contributed by atoms with E-state index in [4.69, 9.17) is 5.73 Å². The summed E-state index contributed by atoms with van der Waals surface area (Å²) in [5, 5.41) is 2.30. The lowest BCUT2D eigenvalue weighted by Gasteiger charge is -2.13. The number of rotatable bonds is 2. The fourth-order valence-electron chi connectivity index (χ4n) is 2.65. The van der Waals surface area contributed by atoms with E-state index in [0.29, 0.717) is 10.8 Å². The summed E-state index contributed by atoms with van der Waals surface area (Å²) >= 11 is 1.33. The minimum Gasteiger partial charge on any atom is -0.375 e. The van der Waals surface area contributed by atoms with E-state index < -0.39 is 11.7 Å². The number of hydrogen-bond acceptors (Lipinski definition) is 3. The van der Waals surface area contributed by atoms with Crippen LogP contribution < -0.4 is 5.73 Å². The summed E-state index contributed by atoms with van der Waals surface area (Å²) in [6, 6.07) is 7.20. The van der Waals surface area contributed by atoms with Crippen LogP contribution in [-0.2, 0) is 6.18 Å². The lowest BCUT2D eigenvalue weighted by atomic mass is 10.2. The van der Waals surface area contributed by atoms with E-state index in [-0.39, 0.29) is 0 Å². The van der Waals surface area contributed by atoms with Gasteiger partial charge in [-0.25, -0.2) is 4.98 Å². The van der Waals surface area contributed by atoms with Crippen molar-refractivity contribution in [2.45, 2.75) is 20.0 Å². The van der Waals surface area contributed by atoms with E-state index in [0.717, 1.165) is 34.8 Å². The Hall–Kier alpha value is -2.28. The van der Waals surface area contributed by atoms with Gasteiger partial charge in [-0.15, -0.1) is 11.3 Å². The Morgan fingerprint density at radius 2 is 1.91 bits per heavy atom. The van der Waals surface area contributed by atoms with Gasteiger partial charge in [0.15, 0.2) is 5.13 Å². The van der Waals surface area contributed by atoms with Crippen LogP contribution in [0.15, 0.2) is 35.7 Å². The zero-order valence-electron chi connectivity index (χ0n) is 12.5. The molecule has 0 unspecified atom stereocenters. The highest BCUT2D eigenvalue weighted by atomic mass is 32.1. The number of benzene rings is 1. The van der Waals surface area contributed by atoms with Crippen LogP contribution in [0.5, 0.6) is 0 Å². The molecule has 0 aliphatic heterocycles. The van der Waals surface area contributed by atoms with E-state index >= 15 is 0 Å². The molecule has 23 heavy (non-hydrogen) atoms. The number of aromatic nitrogens is 2. The molecule has 120 valence electrons. The zero-order valence-corrected chi connectivity index (χ0v) is 13.3. The van der Waals surface area contributed by atoms with Crippen molar-refractivity contribution in [3.05, 3.63) is 52.7 Å². The number of anilines is 1. The van der Waals surface area contributed by atoms with Gasteiger partial charge in [-0.2, -0.15) is 13.2 Å². The molecular formula is C16H14F3N3S. The lowest BCUT2D eigenvalue weighted by Crippen LogP contribution is -2.07. The molecule has 3 nitrogen and oxygen atoms in total. The molecule has 2 heterocycles. The smallest absolute Gasteiger partial charge is 0.375 e. The van der Waals surface area contributed by atoms with Gasteiger partial charge >= 0.3 is 6.18 Å². The van der Waals surface area contributed by atoms with Crippen molar-refractivity contribution in [1.82, 2.24) is 9.55 Å². The second-order valence-corrected chi connectivity index (χ2v) is 6.13. The van der Waals surface area contributed by atoms with Crippen molar-refractivity contribution >= 4 is 16.5 Å². The highest BCUT2D eigenvalue weighted by Gasteiger charge is 2.30. The minimum absolute atomic E-state index is 0.462. The number of aryl methyl sites for hydroxylation is 1. The van der Waals surface area contributed by atoms with E-state index in [1.807, 2.05) is 25.3 Å². The lowest BCUT2D eigenvalue weighted by molar-refractivity contribution is -0.137. The molecule has 0 radical (unpaired) electrons. The summed E-state index contributed by atoms with van der Waals surface area (Å²) in [4.78, 5) is 4.25. The Balaban J connectivity index is 2.13. The van der Waals surface area contributed by atoms with Crippen LogP contribution in [0.4, 0.5) is 18.3 Å². The van der Waals surface area contributed by atoms with Crippen molar-refractivity contribution in [2.24, 2.45) is 0 Å². The van der Waals surface area contributed by atoms with Gasteiger partial charge in [0.05, 0.1) is 11.3 Å². The van der Waals surface area contributed by atoms with Gasteiger partial charge < -0.3 is 10.3 Å². The first-order chi connectivity index (χ1) is 10.8. The van der Waals surface area contributed by atoms with Crippen molar-refractivity contribution < 1.29 is 13.2 Å². The Labute approximate surface area is 135 Å². The Kier molecular flexibility index (Phi) is 3.68. The van der Waals surface area contributed by atoms with E-state index in [1.165, 1.54) is 17.4 Å². The van der Waals surface area contributed by atoms with E-state index in [2.05, 4.69) is 4.98 Å². The van der Waals surface area contributed by atoms with Crippen LogP contribution >= 0.6 is 11.3 Å². The zero-order chi connectivity index (χ0) is 16.8. The molecule has 0 saturated carbocycles. The normalized spacial score (nSPS) is 11.9. The first-order valence-corrected chi connectivity index (χ1v) is 7.73. The van der Waals surface area contributed by atoms with Crippen LogP contribution in [0.1, 0.15) is 17.0 Å². The predicted molar refractivity (Wildman–Crippen MR) is 85.8 cm³/mol. The largest absolute Gasteiger partial charge is 0.416 e. The van der Waals surface area contributed by atoms with Crippen LogP contribution in [0.25, 0.3) is 16.9 Å². The number of nitrogen functional groups attached to an aromatic ring is 1. The maximum absolute atomic E-state index is 12.9. The molecule has 3 aromatic rings. The number of halogens is 3. The maximum atomic E-state index is 12.9. The van der Waals surface area contributed by atoms with E-state index in [9.17, 15) is 13.2 Å². The minimum atomic E-state index is -4.36. The number of hydrogen-bond donors (Lipinski definition) is 1. The second kappa shape index (κ2) is 5.42. The monoisotopic (exact) mass is 337 g/mol. The molecule has 0 aliphatic rings. The summed E-state index contributed by atoms with van der Waals surface area (Å²) in [5.74, 6) is 0. The summed E-state index contributed by atoms with van der Waals surface area (Å²) in [6.45, 7) is 3.71. The third-order valence-electron chi connectivity index (χ3n) is 3.66. The van der Waals surface area contributed by atoms with Crippen molar-refractivity contribution in [2.75, 3.05) is 5.73 Å². The molecule has 1 aromatic carbocycles. The number of alkyl halides is 3. The first-order valence-electron chi connectivity index (χ1n) is 6.85. The molecule has 2 aromatic heterocycles. The highest BCUT2D eigenvalue weighted by Crippen LogP contribution is 2.33. The summed E-state index contributed by atoms with van der Waals surface area (Å²) in [7, 11) is 0. The van der Waals surface area contributed by atoms with Gasteiger partial charge in [0, 0.05) is 28.0 Å². The van der Waals surface area contributed by atoms with Crippen LogP contribution in [0, 0.1) is 13.8 Å². The van der Waals surface area contributed by atoms with Crippen molar-refractivity contribution in [3.63, 3.8) is 0 Å². The van der Waals surface area contributed by atoms with Crippen molar-refractivity contribution in [3.8, 4) is 16.9 Å². The molecule has 0 amide bonds. The van der Waals surface area contributed by atoms with Gasteiger partial charge in [0.1, 0.15) is 0 Å². The summed E-state index contributed by atoms with van der Waals surface area (Å²) < 4.78 is 40.6. The highest BCUT2D eigenvalue weighted by molar-refractivity contribution is 7.13. The Bertz CT molecular complexity index is 862. The molecule has 0 spiro atoms. The Morgan fingerprint density at radius 1 is 1.17 bits per heavy atom. The molecule has 0 fully saturated rings. The van der Waals surface area contributed by atoms with Gasteiger partial charge in [0.25, 0.3) is 0 Å². The third kappa shape index (κ3) is 2.84. The quantitative estimate of drug-likeness (QED) is 0.729. The summed E-state index contributed by atoms with van der Waals surface area (Å²) in [5.41, 5.74) is 8.74. The molecule has 7 heteroatoms. The standard InChI is InChI=1S/C16H14F3N3S/c1-9-6-13(14-8-23-15(20)21-14)10(2)22(9)12-5-3-4-11(7-12)16(17,18)19/h3-8H,1-2H3,(H2,20,21). The fraction of sp³-hybridized carbons (Fsp3) is 0.188.